The number of fused-ring (bicyclic) bond motifs is 1. The highest BCUT2D eigenvalue weighted by molar-refractivity contribution is 5.94. The standard InChI is InChI=1S/C23H25N5O2/c1-17(2)14-28-21-10-9-18(25-23(29)16-30-19-7-4-3-5-8-19)13-20(21)26-22(28)15-27-12-6-11-24-27/h3-13,17H,14-16H2,1-2H3,(H,25,29). The van der Waals surface area contributed by atoms with Gasteiger partial charge in [0.2, 0.25) is 0 Å². The Balaban J connectivity index is 1.52. The molecule has 7 nitrogen and oxygen atoms in total. The fourth-order valence-electron chi connectivity index (χ4n) is 3.35. The van der Waals surface area contributed by atoms with Gasteiger partial charge in [0.25, 0.3) is 5.91 Å². The van der Waals surface area contributed by atoms with Crippen molar-refractivity contribution >= 4 is 22.6 Å². The first-order valence-corrected chi connectivity index (χ1v) is 10.0. The maximum atomic E-state index is 12.3. The summed E-state index contributed by atoms with van der Waals surface area (Å²) in [5, 5.41) is 7.19. The van der Waals surface area contributed by atoms with Gasteiger partial charge in [-0.15, -0.1) is 0 Å². The molecule has 1 N–H and O–H groups in total. The Kier molecular flexibility index (Phi) is 5.79. The first-order chi connectivity index (χ1) is 14.6. The lowest BCUT2D eigenvalue weighted by Gasteiger charge is -2.12. The SMILES string of the molecule is CC(C)Cn1c(Cn2cccn2)nc2cc(NC(=O)COc3ccccc3)ccc21. The summed E-state index contributed by atoms with van der Waals surface area (Å²) in [5.74, 6) is 1.88. The summed E-state index contributed by atoms with van der Waals surface area (Å²) >= 11 is 0. The lowest BCUT2D eigenvalue weighted by atomic mass is 10.2. The van der Waals surface area contributed by atoms with Gasteiger partial charge < -0.3 is 14.6 Å². The zero-order valence-electron chi connectivity index (χ0n) is 17.2. The summed E-state index contributed by atoms with van der Waals surface area (Å²) in [5.41, 5.74) is 2.59. The number of hydrogen-bond donors (Lipinski definition) is 1. The van der Waals surface area contributed by atoms with E-state index in [0.29, 0.717) is 23.9 Å². The van der Waals surface area contributed by atoms with E-state index in [4.69, 9.17) is 9.72 Å². The molecule has 1 amide bonds. The Morgan fingerprint density at radius 3 is 2.70 bits per heavy atom. The highest BCUT2D eigenvalue weighted by Gasteiger charge is 2.14. The second-order valence-electron chi connectivity index (χ2n) is 7.59. The van der Waals surface area contributed by atoms with Gasteiger partial charge in [0.1, 0.15) is 11.6 Å². The van der Waals surface area contributed by atoms with Gasteiger partial charge in [0, 0.05) is 24.6 Å². The molecule has 0 saturated heterocycles. The summed E-state index contributed by atoms with van der Waals surface area (Å²) in [7, 11) is 0. The molecule has 2 heterocycles. The normalized spacial score (nSPS) is 11.2. The molecule has 0 aliphatic rings. The Labute approximate surface area is 175 Å². The van der Waals surface area contributed by atoms with Gasteiger partial charge in [-0.1, -0.05) is 32.0 Å². The topological polar surface area (TPSA) is 74.0 Å². The Bertz CT molecular complexity index is 1120. The number of amides is 1. The lowest BCUT2D eigenvalue weighted by Crippen LogP contribution is -2.20. The van der Waals surface area contributed by atoms with E-state index < -0.39 is 0 Å². The van der Waals surface area contributed by atoms with Crippen LogP contribution in [0.5, 0.6) is 5.75 Å². The summed E-state index contributed by atoms with van der Waals surface area (Å²) < 4.78 is 9.60. The van der Waals surface area contributed by atoms with Crippen LogP contribution < -0.4 is 10.1 Å². The molecule has 0 unspecified atom stereocenters. The third kappa shape index (κ3) is 4.68. The molecule has 2 aromatic heterocycles. The number of para-hydroxylation sites is 1. The lowest BCUT2D eigenvalue weighted by molar-refractivity contribution is -0.118. The predicted molar refractivity (Wildman–Crippen MR) is 116 cm³/mol. The molecule has 7 heteroatoms. The minimum absolute atomic E-state index is 0.0472. The number of hydrogen-bond acceptors (Lipinski definition) is 4. The van der Waals surface area contributed by atoms with Crippen molar-refractivity contribution in [1.29, 1.82) is 0 Å². The van der Waals surface area contributed by atoms with E-state index in [-0.39, 0.29) is 12.5 Å². The van der Waals surface area contributed by atoms with Crippen molar-refractivity contribution in [2.24, 2.45) is 5.92 Å². The maximum Gasteiger partial charge on any atom is 0.262 e. The Morgan fingerprint density at radius 2 is 1.97 bits per heavy atom. The third-order valence-corrected chi connectivity index (χ3v) is 4.63. The largest absolute Gasteiger partial charge is 0.484 e. The smallest absolute Gasteiger partial charge is 0.262 e. The fourth-order valence-corrected chi connectivity index (χ4v) is 3.35. The Hall–Kier alpha value is -3.61. The van der Waals surface area contributed by atoms with Gasteiger partial charge >= 0.3 is 0 Å². The van der Waals surface area contributed by atoms with Gasteiger partial charge in [-0.3, -0.25) is 9.48 Å². The number of carbonyl (C=O) groups is 1. The number of carbonyl (C=O) groups excluding carboxylic acids is 1. The molecule has 154 valence electrons. The highest BCUT2D eigenvalue weighted by Crippen LogP contribution is 2.22. The van der Waals surface area contributed by atoms with Crippen molar-refractivity contribution in [3.63, 3.8) is 0 Å². The fraction of sp³-hybridized carbons (Fsp3) is 0.261. The average molecular weight is 403 g/mol. The van der Waals surface area contributed by atoms with Crippen molar-refractivity contribution in [1.82, 2.24) is 19.3 Å². The molecule has 2 aromatic carbocycles. The van der Waals surface area contributed by atoms with Gasteiger partial charge in [-0.05, 0) is 42.3 Å². The van der Waals surface area contributed by atoms with E-state index in [1.807, 2.05) is 65.5 Å². The first-order valence-electron chi connectivity index (χ1n) is 10.0. The molecule has 0 radical (unpaired) electrons. The van der Waals surface area contributed by atoms with Crippen LogP contribution in [0.4, 0.5) is 5.69 Å². The first kappa shape index (κ1) is 19.7. The zero-order chi connectivity index (χ0) is 20.9. The number of rotatable bonds is 8. The molecule has 0 fully saturated rings. The second kappa shape index (κ2) is 8.82. The van der Waals surface area contributed by atoms with Gasteiger partial charge in [-0.2, -0.15) is 5.10 Å². The third-order valence-electron chi connectivity index (χ3n) is 4.63. The molecule has 0 aliphatic carbocycles. The molecule has 0 aliphatic heterocycles. The molecule has 4 rings (SSSR count). The maximum absolute atomic E-state index is 12.3. The van der Waals surface area contributed by atoms with E-state index in [1.165, 1.54) is 0 Å². The van der Waals surface area contributed by atoms with Crippen LogP contribution in [-0.4, -0.2) is 31.8 Å². The summed E-state index contributed by atoms with van der Waals surface area (Å²) in [6.45, 7) is 5.79. The number of nitrogens with one attached hydrogen (secondary N) is 1. The monoisotopic (exact) mass is 403 g/mol. The van der Waals surface area contributed by atoms with Gasteiger partial charge in [0.15, 0.2) is 6.61 Å². The summed E-state index contributed by atoms with van der Waals surface area (Å²) in [6.07, 6.45) is 3.69. The number of nitrogens with zero attached hydrogens (tertiary/aromatic N) is 4. The van der Waals surface area contributed by atoms with Crippen LogP contribution in [0, 0.1) is 5.92 Å². The molecule has 0 spiro atoms. The number of imidazole rings is 1. The van der Waals surface area contributed by atoms with Crippen LogP contribution in [0.15, 0.2) is 67.0 Å². The van der Waals surface area contributed by atoms with Crippen molar-refractivity contribution in [2.45, 2.75) is 26.9 Å². The van der Waals surface area contributed by atoms with Crippen LogP contribution >= 0.6 is 0 Å². The molecule has 0 saturated carbocycles. The minimum Gasteiger partial charge on any atom is -0.484 e. The number of anilines is 1. The molecular formula is C23H25N5O2. The van der Waals surface area contributed by atoms with Crippen LogP contribution in [0.3, 0.4) is 0 Å². The predicted octanol–water partition coefficient (Wildman–Crippen LogP) is 3.95. The van der Waals surface area contributed by atoms with Crippen LogP contribution in [-0.2, 0) is 17.9 Å². The second-order valence-corrected chi connectivity index (χ2v) is 7.59. The minimum atomic E-state index is -0.211. The van der Waals surface area contributed by atoms with E-state index >= 15 is 0 Å². The van der Waals surface area contributed by atoms with Crippen molar-refractivity contribution < 1.29 is 9.53 Å². The number of aromatic nitrogens is 4. The van der Waals surface area contributed by atoms with E-state index in [1.54, 1.807) is 6.20 Å². The van der Waals surface area contributed by atoms with Crippen LogP contribution in [0.2, 0.25) is 0 Å². The van der Waals surface area contributed by atoms with Crippen molar-refractivity contribution in [3.05, 3.63) is 72.8 Å². The summed E-state index contributed by atoms with van der Waals surface area (Å²) in [6, 6.07) is 17.0. The molecular weight excluding hydrogens is 378 g/mol. The number of benzene rings is 2. The zero-order valence-corrected chi connectivity index (χ0v) is 17.2. The highest BCUT2D eigenvalue weighted by atomic mass is 16.5. The summed E-state index contributed by atoms with van der Waals surface area (Å²) in [4.78, 5) is 17.1. The number of ether oxygens (including phenoxy) is 1. The van der Waals surface area contributed by atoms with Crippen molar-refractivity contribution in [3.8, 4) is 5.75 Å². The molecule has 0 bridgehead atoms. The quantitative estimate of drug-likeness (QED) is 0.483. The van der Waals surface area contributed by atoms with E-state index in [2.05, 4.69) is 28.8 Å². The molecule has 30 heavy (non-hydrogen) atoms. The van der Waals surface area contributed by atoms with E-state index in [9.17, 15) is 4.79 Å². The van der Waals surface area contributed by atoms with Gasteiger partial charge in [-0.25, -0.2) is 4.98 Å². The van der Waals surface area contributed by atoms with Gasteiger partial charge in [0.05, 0.1) is 17.6 Å². The Morgan fingerprint density at radius 1 is 1.13 bits per heavy atom. The van der Waals surface area contributed by atoms with Crippen LogP contribution in [0.25, 0.3) is 11.0 Å². The molecule has 4 aromatic rings. The van der Waals surface area contributed by atoms with Crippen LogP contribution in [0.1, 0.15) is 19.7 Å². The van der Waals surface area contributed by atoms with Crippen molar-refractivity contribution in [2.75, 3.05) is 11.9 Å². The average Bonchev–Trinajstić information content (AvgIpc) is 3.35. The van der Waals surface area contributed by atoms with E-state index in [0.717, 1.165) is 23.4 Å². The molecule has 0 atom stereocenters.